The fraction of sp³-hybridized carbons (Fsp3) is 0.560. The summed E-state index contributed by atoms with van der Waals surface area (Å²) in [6, 6.07) is 8.89. The van der Waals surface area contributed by atoms with Crippen molar-refractivity contribution in [1.29, 1.82) is 0 Å². The highest BCUT2D eigenvalue weighted by Crippen LogP contribution is 2.38. The molecule has 5 rings (SSSR count). The van der Waals surface area contributed by atoms with Crippen molar-refractivity contribution < 1.29 is 9.53 Å². The van der Waals surface area contributed by atoms with Crippen molar-refractivity contribution in [2.24, 2.45) is 0 Å². The first-order valence-electron chi connectivity index (χ1n) is 12.2. The summed E-state index contributed by atoms with van der Waals surface area (Å²) in [5.41, 5.74) is 4.16. The molecular weight excluding hydrogens is 416 g/mol. The zero-order valence-electron chi connectivity index (χ0n) is 19.8. The van der Waals surface area contributed by atoms with E-state index in [4.69, 9.17) is 14.7 Å². The van der Waals surface area contributed by atoms with E-state index in [-0.39, 0.29) is 6.03 Å². The largest absolute Gasteiger partial charge is 0.377 e. The summed E-state index contributed by atoms with van der Waals surface area (Å²) in [7, 11) is 0. The smallest absolute Gasteiger partial charge is 0.319 e. The van der Waals surface area contributed by atoms with Crippen molar-refractivity contribution in [3.63, 3.8) is 0 Å². The second-order valence-corrected chi connectivity index (χ2v) is 9.50. The molecule has 0 aliphatic carbocycles. The lowest BCUT2D eigenvalue weighted by Crippen LogP contribution is -2.47. The monoisotopic (exact) mass is 450 g/mol. The summed E-state index contributed by atoms with van der Waals surface area (Å²) >= 11 is 0. The molecule has 33 heavy (non-hydrogen) atoms. The molecule has 2 aromatic rings. The van der Waals surface area contributed by atoms with E-state index < -0.39 is 0 Å². The summed E-state index contributed by atoms with van der Waals surface area (Å²) in [6.45, 7) is 10.4. The molecule has 3 aliphatic rings. The van der Waals surface area contributed by atoms with Crippen LogP contribution in [0.25, 0.3) is 11.4 Å². The van der Waals surface area contributed by atoms with E-state index in [9.17, 15) is 4.79 Å². The summed E-state index contributed by atoms with van der Waals surface area (Å²) in [4.78, 5) is 27.1. The van der Waals surface area contributed by atoms with Crippen molar-refractivity contribution in [3.8, 4) is 11.4 Å². The third-order valence-corrected chi connectivity index (χ3v) is 7.03. The SMILES string of the molecule is CCNC(=O)Nc1ccc(-c2nc3c(c(N4[C@H]5CC[C@H]4COC5)n2)CCN(C(C)C)C3)cc1. The first kappa shape index (κ1) is 22.1. The van der Waals surface area contributed by atoms with E-state index in [0.717, 1.165) is 74.2 Å². The molecule has 2 bridgehead atoms. The molecule has 2 atom stereocenters. The van der Waals surface area contributed by atoms with Gasteiger partial charge in [0.1, 0.15) is 5.82 Å². The van der Waals surface area contributed by atoms with Crippen LogP contribution in [-0.4, -0.2) is 65.3 Å². The van der Waals surface area contributed by atoms with Crippen LogP contribution in [0, 0.1) is 0 Å². The molecule has 2 fully saturated rings. The van der Waals surface area contributed by atoms with Crippen LogP contribution < -0.4 is 15.5 Å². The Morgan fingerprint density at radius 1 is 1.15 bits per heavy atom. The average molecular weight is 451 g/mol. The number of carbonyl (C=O) groups is 1. The van der Waals surface area contributed by atoms with Gasteiger partial charge in [-0.05, 0) is 64.3 Å². The first-order valence-corrected chi connectivity index (χ1v) is 12.2. The molecule has 0 spiro atoms. The minimum atomic E-state index is -0.200. The Hall–Kier alpha value is -2.71. The Morgan fingerprint density at radius 2 is 1.88 bits per heavy atom. The zero-order chi connectivity index (χ0) is 22.9. The second-order valence-electron chi connectivity index (χ2n) is 9.50. The van der Waals surface area contributed by atoms with E-state index in [1.54, 1.807) is 0 Å². The fourth-order valence-corrected chi connectivity index (χ4v) is 5.23. The number of fused-ring (bicyclic) bond motifs is 3. The standard InChI is InChI=1S/C25H34N6O2/c1-4-26-25(32)27-18-7-5-17(6-8-18)23-28-22-13-30(16(2)3)12-11-21(22)24(29-23)31-19-9-10-20(31)15-33-14-19/h5-8,16,19-20H,4,9-15H2,1-3H3,(H2,26,27,32)/t19-,20-/m0/s1. The van der Waals surface area contributed by atoms with Crippen LogP contribution in [0.3, 0.4) is 0 Å². The lowest BCUT2D eigenvalue weighted by atomic mass is 10.0. The topological polar surface area (TPSA) is 82.6 Å². The number of hydrogen-bond acceptors (Lipinski definition) is 6. The third kappa shape index (κ3) is 4.42. The van der Waals surface area contributed by atoms with Gasteiger partial charge in [-0.15, -0.1) is 0 Å². The maximum Gasteiger partial charge on any atom is 0.319 e. The summed E-state index contributed by atoms with van der Waals surface area (Å²) in [6.07, 6.45) is 3.31. The van der Waals surface area contributed by atoms with Crippen molar-refractivity contribution in [2.45, 2.75) is 64.7 Å². The molecule has 0 unspecified atom stereocenters. The van der Waals surface area contributed by atoms with Gasteiger partial charge in [-0.25, -0.2) is 14.8 Å². The summed E-state index contributed by atoms with van der Waals surface area (Å²) in [5, 5.41) is 5.60. The normalized spacial score (nSPS) is 22.4. The predicted molar refractivity (Wildman–Crippen MR) is 130 cm³/mol. The molecule has 1 aromatic carbocycles. The van der Waals surface area contributed by atoms with Gasteiger partial charge >= 0.3 is 6.03 Å². The summed E-state index contributed by atoms with van der Waals surface area (Å²) < 4.78 is 5.84. The Kier molecular flexibility index (Phi) is 6.21. The maximum absolute atomic E-state index is 11.8. The number of nitrogens with zero attached hydrogens (tertiary/aromatic N) is 4. The van der Waals surface area contributed by atoms with Gasteiger partial charge in [-0.2, -0.15) is 0 Å². The van der Waals surface area contributed by atoms with Gasteiger partial charge in [0, 0.05) is 42.5 Å². The van der Waals surface area contributed by atoms with Crippen LogP contribution in [0.4, 0.5) is 16.3 Å². The number of nitrogens with one attached hydrogen (secondary N) is 2. The van der Waals surface area contributed by atoms with Gasteiger partial charge < -0.3 is 20.3 Å². The zero-order valence-corrected chi connectivity index (χ0v) is 19.8. The number of hydrogen-bond donors (Lipinski definition) is 2. The summed E-state index contributed by atoms with van der Waals surface area (Å²) in [5.74, 6) is 1.86. The number of ether oxygens (including phenoxy) is 1. The van der Waals surface area contributed by atoms with E-state index in [1.807, 2.05) is 31.2 Å². The average Bonchev–Trinajstić information content (AvgIpc) is 3.06. The molecule has 1 aromatic heterocycles. The Bertz CT molecular complexity index is 993. The molecule has 4 heterocycles. The fourth-order valence-electron chi connectivity index (χ4n) is 5.23. The number of amides is 2. The van der Waals surface area contributed by atoms with Crippen molar-refractivity contribution in [1.82, 2.24) is 20.2 Å². The quantitative estimate of drug-likeness (QED) is 0.726. The van der Waals surface area contributed by atoms with Gasteiger partial charge in [0.2, 0.25) is 0 Å². The number of urea groups is 1. The molecule has 3 aliphatic heterocycles. The molecule has 2 N–H and O–H groups in total. The number of benzene rings is 1. The van der Waals surface area contributed by atoms with Crippen LogP contribution >= 0.6 is 0 Å². The molecule has 0 radical (unpaired) electrons. The molecule has 8 heteroatoms. The molecular formula is C25H34N6O2. The third-order valence-electron chi connectivity index (χ3n) is 7.03. The molecule has 176 valence electrons. The van der Waals surface area contributed by atoms with E-state index in [1.165, 1.54) is 5.56 Å². The van der Waals surface area contributed by atoms with Crippen LogP contribution in [0.1, 0.15) is 44.9 Å². The predicted octanol–water partition coefficient (Wildman–Crippen LogP) is 3.42. The maximum atomic E-state index is 11.8. The minimum Gasteiger partial charge on any atom is -0.377 e. The van der Waals surface area contributed by atoms with Crippen LogP contribution in [0.2, 0.25) is 0 Å². The molecule has 0 saturated carbocycles. The van der Waals surface area contributed by atoms with Gasteiger partial charge in [-0.3, -0.25) is 4.90 Å². The molecule has 2 saturated heterocycles. The lowest BCUT2D eigenvalue weighted by molar-refractivity contribution is 0.0899. The molecule has 8 nitrogen and oxygen atoms in total. The van der Waals surface area contributed by atoms with Crippen LogP contribution in [-0.2, 0) is 17.7 Å². The Labute approximate surface area is 195 Å². The van der Waals surface area contributed by atoms with Crippen molar-refractivity contribution in [2.75, 3.05) is 36.5 Å². The van der Waals surface area contributed by atoms with Gasteiger partial charge in [0.25, 0.3) is 0 Å². The molecule has 2 amide bonds. The lowest BCUT2D eigenvalue weighted by Gasteiger charge is -2.39. The van der Waals surface area contributed by atoms with Gasteiger partial charge in [0.15, 0.2) is 5.82 Å². The van der Waals surface area contributed by atoms with E-state index in [2.05, 4.69) is 34.3 Å². The van der Waals surface area contributed by atoms with Crippen LogP contribution in [0.15, 0.2) is 24.3 Å². The Balaban J connectivity index is 1.50. The van der Waals surface area contributed by atoms with Gasteiger partial charge in [0.05, 0.1) is 31.0 Å². The minimum absolute atomic E-state index is 0.200. The van der Waals surface area contributed by atoms with E-state index >= 15 is 0 Å². The number of carbonyl (C=O) groups excluding carboxylic acids is 1. The number of rotatable bonds is 5. The number of morpholine rings is 1. The number of aromatic nitrogens is 2. The van der Waals surface area contributed by atoms with E-state index in [0.29, 0.717) is 24.7 Å². The highest BCUT2D eigenvalue weighted by Gasteiger charge is 2.40. The highest BCUT2D eigenvalue weighted by atomic mass is 16.5. The van der Waals surface area contributed by atoms with Crippen molar-refractivity contribution >= 4 is 17.5 Å². The highest BCUT2D eigenvalue weighted by molar-refractivity contribution is 5.89. The first-order chi connectivity index (χ1) is 16.0. The van der Waals surface area contributed by atoms with Gasteiger partial charge in [-0.1, -0.05) is 0 Å². The van der Waals surface area contributed by atoms with Crippen LogP contribution in [0.5, 0.6) is 0 Å². The Morgan fingerprint density at radius 3 is 2.55 bits per heavy atom. The number of anilines is 2. The second kappa shape index (κ2) is 9.27. The van der Waals surface area contributed by atoms with Crippen molar-refractivity contribution in [3.05, 3.63) is 35.5 Å².